The van der Waals surface area contributed by atoms with Crippen LogP contribution < -0.4 is 10.6 Å². The van der Waals surface area contributed by atoms with Crippen LogP contribution in [0.5, 0.6) is 0 Å². The minimum Gasteiger partial charge on any atom is -0.357 e. The molecule has 0 spiro atoms. The molecule has 2 N–H and O–H groups in total. The predicted octanol–water partition coefficient (Wildman–Crippen LogP) is 1.81. The highest BCUT2D eigenvalue weighted by molar-refractivity contribution is 7.09. The fourth-order valence-electron chi connectivity index (χ4n) is 2.17. The number of rotatable bonds is 9. The zero-order valence-electron chi connectivity index (χ0n) is 14.7. The molecular formula is C16H29N5OS. The highest BCUT2D eigenvalue weighted by Gasteiger charge is 2.08. The van der Waals surface area contributed by atoms with Gasteiger partial charge < -0.3 is 15.5 Å². The standard InChI is InChI=1S/C16H29N5OS/c1-5-17-16(18-10-8-14-12-23-13(4)20-14)19-11-9-15(22)21(6-2)7-3/h12H,5-11H2,1-4H3,(H2,17,18,19). The summed E-state index contributed by atoms with van der Waals surface area (Å²) in [5, 5.41) is 9.67. The number of hydrogen-bond acceptors (Lipinski definition) is 4. The van der Waals surface area contributed by atoms with Crippen LogP contribution in [0.15, 0.2) is 10.4 Å². The normalized spacial score (nSPS) is 11.4. The van der Waals surface area contributed by atoms with Crippen molar-refractivity contribution in [1.29, 1.82) is 0 Å². The summed E-state index contributed by atoms with van der Waals surface area (Å²) >= 11 is 1.67. The minimum absolute atomic E-state index is 0.160. The van der Waals surface area contributed by atoms with E-state index in [1.54, 1.807) is 11.3 Å². The lowest BCUT2D eigenvalue weighted by atomic mass is 10.3. The SMILES string of the molecule is CCNC(=NCCC(=O)N(CC)CC)NCCc1csc(C)n1. The Labute approximate surface area is 143 Å². The van der Waals surface area contributed by atoms with Gasteiger partial charge >= 0.3 is 0 Å². The third-order valence-corrected chi connectivity index (χ3v) is 4.22. The van der Waals surface area contributed by atoms with E-state index in [1.807, 2.05) is 32.6 Å². The van der Waals surface area contributed by atoms with Gasteiger partial charge in [-0.25, -0.2) is 4.98 Å². The smallest absolute Gasteiger partial charge is 0.224 e. The number of hydrogen-bond donors (Lipinski definition) is 2. The Morgan fingerprint density at radius 2 is 2.04 bits per heavy atom. The van der Waals surface area contributed by atoms with E-state index in [0.29, 0.717) is 13.0 Å². The first-order chi connectivity index (χ1) is 11.1. The Morgan fingerprint density at radius 3 is 2.61 bits per heavy atom. The maximum atomic E-state index is 12.0. The molecule has 1 rings (SSSR count). The van der Waals surface area contributed by atoms with Gasteiger partial charge in [0.15, 0.2) is 5.96 Å². The van der Waals surface area contributed by atoms with Crippen molar-refractivity contribution in [3.8, 4) is 0 Å². The highest BCUT2D eigenvalue weighted by atomic mass is 32.1. The van der Waals surface area contributed by atoms with Crippen LogP contribution in [-0.2, 0) is 11.2 Å². The summed E-state index contributed by atoms with van der Waals surface area (Å²) in [6.07, 6.45) is 1.32. The molecule has 0 aliphatic carbocycles. The molecule has 0 unspecified atom stereocenters. The molecule has 0 aliphatic rings. The Kier molecular flexibility index (Phi) is 9.28. The van der Waals surface area contributed by atoms with E-state index in [9.17, 15) is 4.79 Å². The van der Waals surface area contributed by atoms with Gasteiger partial charge in [-0.3, -0.25) is 9.79 Å². The van der Waals surface area contributed by atoms with Gasteiger partial charge in [-0.2, -0.15) is 0 Å². The van der Waals surface area contributed by atoms with Crippen molar-refractivity contribution in [2.45, 2.75) is 40.5 Å². The third kappa shape index (κ3) is 7.45. The van der Waals surface area contributed by atoms with Gasteiger partial charge in [0.2, 0.25) is 5.91 Å². The van der Waals surface area contributed by atoms with E-state index in [2.05, 4.69) is 26.0 Å². The lowest BCUT2D eigenvalue weighted by Crippen LogP contribution is -2.38. The number of carbonyl (C=O) groups is 1. The first-order valence-electron chi connectivity index (χ1n) is 8.31. The van der Waals surface area contributed by atoms with Gasteiger partial charge in [0, 0.05) is 44.4 Å². The summed E-state index contributed by atoms with van der Waals surface area (Å²) in [5.41, 5.74) is 1.10. The number of amides is 1. The van der Waals surface area contributed by atoms with Gasteiger partial charge in [-0.15, -0.1) is 11.3 Å². The van der Waals surface area contributed by atoms with Crippen LogP contribution in [0.1, 0.15) is 37.9 Å². The second kappa shape index (κ2) is 11.0. The highest BCUT2D eigenvalue weighted by Crippen LogP contribution is 2.07. The van der Waals surface area contributed by atoms with Gasteiger partial charge in [-0.1, -0.05) is 0 Å². The molecule has 23 heavy (non-hydrogen) atoms. The van der Waals surface area contributed by atoms with E-state index in [-0.39, 0.29) is 5.91 Å². The molecule has 0 aromatic carbocycles. The number of carbonyl (C=O) groups excluding carboxylic acids is 1. The van der Waals surface area contributed by atoms with Crippen molar-refractivity contribution in [1.82, 2.24) is 20.5 Å². The summed E-state index contributed by atoms with van der Waals surface area (Å²) in [6.45, 7) is 11.6. The Balaban J connectivity index is 2.38. The van der Waals surface area contributed by atoms with Crippen LogP contribution >= 0.6 is 11.3 Å². The van der Waals surface area contributed by atoms with Crippen molar-refractivity contribution >= 4 is 23.2 Å². The molecule has 0 aliphatic heterocycles. The van der Waals surface area contributed by atoms with Crippen molar-refractivity contribution in [2.75, 3.05) is 32.7 Å². The van der Waals surface area contributed by atoms with E-state index < -0.39 is 0 Å². The molecule has 7 heteroatoms. The van der Waals surface area contributed by atoms with Gasteiger partial charge in [-0.05, 0) is 27.7 Å². The molecule has 130 valence electrons. The van der Waals surface area contributed by atoms with Crippen molar-refractivity contribution in [3.05, 3.63) is 16.1 Å². The van der Waals surface area contributed by atoms with Crippen LogP contribution in [0.4, 0.5) is 0 Å². The predicted molar refractivity (Wildman–Crippen MR) is 97.1 cm³/mol. The molecule has 6 nitrogen and oxygen atoms in total. The summed E-state index contributed by atoms with van der Waals surface area (Å²) in [7, 11) is 0. The van der Waals surface area contributed by atoms with Gasteiger partial charge in [0.1, 0.15) is 0 Å². The number of aromatic nitrogens is 1. The zero-order chi connectivity index (χ0) is 17.1. The van der Waals surface area contributed by atoms with Crippen LogP contribution in [0, 0.1) is 6.92 Å². The molecule has 0 saturated carbocycles. The summed E-state index contributed by atoms with van der Waals surface area (Å²) < 4.78 is 0. The average molecular weight is 340 g/mol. The van der Waals surface area contributed by atoms with E-state index in [4.69, 9.17) is 0 Å². The summed E-state index contributed by atoms with van der Waals surface area (Å²) in [4.78, 5) is 22.7. The molecule has 1 heterocycles. The minimum atomic E-state index is 0.160. The van der Waals surface area contributed by atoms with Gasteiger partial charge in [0.25, 0.3) is 0 Å². The number of thiazole rings is 1. The monoisotopic (exact) mass is 339 g/mol. The molecule has 0 saturated heterocycles. The van der Waals surface area contributed by atoms with E-state index in [0.717, 1.165) is 49.3 Å². The number of guanidine groups is 1. The van der Waals surface area contributed by atoms with Crippen LogP contribution in [0.25, 0.3) is 0 Å². The maximum Gasteiger partial charge on any atom is 0.224 e. The average Bonchev–Trinajstić information content (AvgIpc) is 2.94. The molecule has 1 aromatic rings. The molecule has 0 radical (unpaired) electrons. The van der Waals surface area contributed by atoms with E-state index >= 15 is 0 Å². The van der Waals surface area contributed by atoms with Crippen molar-refractivity contribution < 1.29 is 4.79 Å². The zero-order valence-corrected chi connectivity index (χ0v) is 15.5. The second-order valence-corrected chi connectivity index (χ2v) is 6.17. The first-order valence-corrected chi connectivity index (χ1v) is 9.19. The number of aliphatic imine (C=N–C) groups is 1. The number of nitrogens with zero attached hydrogens (tertiary/aromatic N) is 3. The van der Waals surface area contributed by atoms with Crippen molar-refractivity contribution in [2.24, 2.45) is 4.99 Å². The molecule has 1 amide bonds. The van der Waals surface area contributed by atoms with Crippen LogP contribution in [0.2, 0.25) is 0 Å². The topological polar surface area (TPSA) is 69.6 Å². The van der Waals surface area contributed by atoms with Crippen molar-refractivity contribution in [3.63, 3.8) is 0 Å². The Bertz CT molecular complexity index is 496. The molecule has 0 fully saturated rings. The molecule has 1 aromatic heterocycles. The fraction of sp³-hybridized carbons (Fsp3) is 0.688. The largest absolute Gasteiger partial charge is 0.357 e. The van der Waals surface area contributed by atoms with Crippen LogP contribution in [-0.4, -0.2) is 54.5 Å². The maximum absolute atomic E-state index is 12.0. The lowest BCUT2D eigenvalue weighted by Gasteiger charge is -2.18. The number of nitrogens with one attached hydrogen (secondary N) is 2. The van der Waals surface area contributed by atoms with Gasteiger partial charge in [0.05, 0.1) is 17.2 Å². The third-order valence-electron chi connectivity index (χ3n) is 3.40. The first kappa shape index (κ1) is 19.4. The Morgan fingerprint density at radius 1 is 1.30 bits per heavy atom. The quantitative estimate of drug-likeness (QED) is 0.532. The van der Waals surface area contributed by atoms with Crippen LogP contribution in [0.3, 0.4) is 0 Å². The molecule has 0 bridgehead atoms. The number of aryl methyl sites for hydroxylation is 1. The lowest BCUT2D eigenvalue weighted by molar-refractivity contribution is -0.130. The summed E-state index contributed by atoms with van der Waals surface area (Å²) in [6, 6.07) is 0. The molecular weight excluding hydrogens is 310 g/mol. The Hall–Kier alpha value is -1.63. The molecule has 0 atom stereocenters. The van der Waals surface area contributed by atoms with E-state index in [1.165, 1.54) is 0 Å². The second-order valence-electron chi connectivity index (χ2n) is 5.11. The fourth-order valence-corrected chi connectivity index (χ4v) is 2.82. The summed E-state index contributed by atoms with van der Waals surface area (Å²) in [5.74, 6) is 0.916.